The summed E-state index contributed by atoms with van der Waals surface area (Å²) in [6.07, 6.45) is 8.63. The van der Waals surface area contributed by atoms with Gasteiger partial charge in [-0.1, -0.05) is 39.0 Å². The molecule has 0 saturated carbocycles. The molecule has 5 nitrogen and oxygen atoms in total. The van der Waals surface area contributed by atoms with Crippen molar-refractivity contribution in [3.8, 4) is 5.88 Å². The molecule has 0 aliphatic heterocycles. The number of esters is 1. The number of methoxy groups -OCH3 is 1. The number of carbonyl (C=O) groups is 1. The number of pyridine rings is 1. The molecule has 0 spiro atoms. The highest BCUT2D eigenvalue weighted by atomic mass is 16.5. The van der Waals surface area contributed by atoms with Gasteiger partial charge in [-0.3, -0.25) is 0 Å². The number of hydrogen-bond donors (Lipinski definition) is 1. The first kappa shape index (κ1) is 16.3. The molecule has 112 valence electrons. The summed E-state index contributed by atoms with van der Waals surface area (Å²) in [5, 5.41) is 0. The smallest absolute Gasteiger partial charge is 0.340 e. The van der Waals surface area contributed by atoms with Gasteiger partial charge in [0.05, 0.1) is 19.3 Å². The number of nitrogen functional groups attached to an aromatic ring is 1. The van der Waals surface area contributed by atoms with Gasteiger partial charge in [0, 0.05) is 6.20 Å². The molecule has 0 aliphatic rings. The van der Waals surface area contributed by atoms with Crippen LogP contribution in [0.3, 0.4) is 0 Å². The van der Waals surface area contributed by atoms with Gasteiger partial charge in [0.25, 0.3) is 0 Å². The first-order valence-corrected chi connectivity index (χ1v) is 7.16. The van der Waals surface area contributed by atoms with E-state index < -0.39 is 5.97 Å². The number of aromatic nitrogens is 1. The van der Waals surface area contributed by atoms with Crippen molar-refractivity contribution in [2.45, 2.75) is 45.4 Å². The average Bonchev–Trinajstić information content (AvgIpc) is 2.47. The first-order valence-electron chi connectivity index (χ1n) is 7.16. The van der Waals surface area contributed by atoms with Gasteiger partial charge in [-0.25, -0.2) is 9.78 Å². The quantitative estimate of drug-likeness (QED) is 0.555. The fourth-order valence-electron chi connectivity index (χ4n) is 1.91. The van der Waals surface area contributed by atoms with Crippen LogP contribution >= 0.6 is 0 Å². The van der Waals surface area contributed by atoms with Crippen LogP contribution in [0.15, 0.2) is 12.3 Å². The minimum atomic E-state index is -0.477. The number of carbonyl (C=O) groups excluding carboxylic acids is 1. The van der Waals surface area contributed by atoms with Crippen LogP contribution in [0.4, 0.5) is 5.69 Å². The van der Waals surface area contributed by atoms with Crippen LogP contribution in [-0.4, -0.2) is 24.7 Å². The molecular weight excluding hydrogens is 256 g/mol. The van der Waals surface area contributed by atoms with E-state index in [4.69, 9.17) is 10.5 Å². The van der Waals surface area contributed by atoms with Gasteiger partial charge in [-0.2, -0.15) is 0 Å². The zero-order chi connectivity index (χ0) is 14.8. The average molecular weight is 280 g/mol. The third-order valence-corrected chi connectivity index (χ3v) is 3.10. The van der Waals surface area contributed by atoms with E-state index in [1.807, 2.05) is 0 Å². The molecule has 0 bridgehead atoms. The second kappa shape index (κ2) is 9.18. The Hall–Kier alpha value is -1.78. The van der Waals surface area contributed by atoms with E-state index in [9.17, 15) is 4.79 Å². The summed E-state index contributed by atoms with van der Waals surface area (Å²) >= 11 is 0. The maximum Gasteiger partial charge on any atom is 0.340 e. The SMILES string of the molecule is CCCCCCCCOc1nccc(C(=O)OC)c1N. The van der Waals surface area contributed by atoms with E-state index in [-0.39, 0.29) is 5.69 Å². The third-order valence-electron chi connectivity index (χ3n) is 3.10. The fraction of sp³-hybridized carbons (Fsp3) is 0.600. The number of anilines is 1. The number of nitrogens with zero attached hydrogens (tertiary/aromatic N) is 1. The summed E-state index contributed by atoms with van der Waals surface area (Å²) < 4.78 is 10.2. The molecule has 0 unspecified atom stereocenters. The van der Waals surface area contributed by atoms with E-state index in [1.165, 1.54) is 45.1 Å². The largest absolute Gasteiger partial charge is 0.476 e. The van der Waals surface area contributed by atoms with Gasteiger partial charge in [0.2, 0.25) is 5.88 Å². The van der Waals surface area contributed by atoms with Crippen molar-refractivity contribution >= 4 is 11.7 Å². The fourth-order valence-corrected chi connectivity index (χ4v) is 1.91. The van der Waals surface area contributed by atoms with Crippen LogP contribution in [0.1, 0.15) is 55.8 Å². The molecule has 0 aliphatic carbocycles. The second-order valence-electron chi connectivity index (χ2n) is 4.69. The molecular formula is C15H24N2O3. The van der Waals surface area contributed by atoms with Crippen molar-refractivity contribution in [1.29, 1.82) is 0 Å². The molecule has 0 aromatic carbocycles. The molecule has 1 heterocycles. The lowest BCUT2D eigenvalue weighted by molar-refractivity contribution is 0.0601. The predicted molar refractivity (Wildman–Crippen MR) is 78.9 cm³/mol. The van der Waals surface area contributed by atoms with Crippen LogP contribution in [0, 0.1) is 0 Å². The number of nitrogens with two attached hydrogens (primary N) is 1. The third kappa shape index (κ3) is 5.07. The molecule has 0 amide bonds. The standard InChI is InChI=1S/C15H24N2O3/c1-3-4-5-6-7-8-11-20-14-13(16)12(9-10-17-14)15(18)19-2/h9-10H,3-8,11,16H2,1-2H3. The lowest BCUT2D eigenvalue weighted by atomic mass is 10.1. The van der Waals surface area contributed by atoms with Gasteiger partial charge in [0.15, 0.2) is 0 Å². The van der Waals surface area contributed by atoms with Gasteiger partial charge >= 0.3 is 5.97 Å². The highest BCUT2D eigenvalue weighted by molar-refractivity contribution is 5.95. The zero-order valence-corrected chi connectivity index (χ0v) is 12.4. The minimum absolute atomic E-state index is 0.241. The van der Waals surface area contributed by atoms with Gasteiger partial charge < -0.3 is 15.2 Å². The van der Waals surface area contributed by atoms with Crippen molar-refractivity contribution < 1.29 is 14.3 Å². The van der Waals surface area contributed by atoms with E-state index in [2.05, 4.69) is 16.6 Å². The molecule has 1 aromatic heterocycles. The number of rotatable bonds is 9. The number of hydrogen-bond acceptors (Lipinski definition) is 5. The maximum absolute atomic E-state index is 11.5. The zero-order valence-electron chi connectivity index (χ0n) is 12.4. The Labute approximate surface area is 120 Å². The summed E-state index contributed by atoms with van der Waals surface area (Å²) in [5.74, 6) is -0.171. The van der Waals surface area contributed by atoms with Crippen LogP contribution in [-0.2, 0) is 4.74 Å². The lowest BCUT2D eigenvalue weighted by Crippen LogP contribution is -2.09. The minimum Gasteiger partial charge on any atom is -0.476 e. The van der Waals surface area contributed by atoms with Crippen LogP contribution in [0.5, 0.6) is 5.88 Å². The van der Waals surface area contributed by atoms with E-state index in [1.54, 1.807) is 0 Å². The first-order chi connectivity index (χ1) is 9.70. The van der Waals surface area contributed by atoms with Gasteiger partial charge in [0.1, 0.15) is 5.69 Å². The Balaban J connectivity index is 2.39. The van der Waals surface area contributed by atoms with Gasteiger partial charge in [-0.05, 0) is 12.5 Å². The van der Waals surface area contributed by atoms with Crippen LogP contribution < -0.4 is 10.5 Å². The summed E-state index contributed by atoms with van der Waals surface area (Å²) in [6, 6.07) is 1.53. The normalized spacial score (nSPS) is 10.3. The Morgan fingerprint density at radius 3 is 2.65 bits per heavy atom. The summed E-state index contributed by atoms with van der Waals surface area (Å²) in [4.78, 5) is 15.5. The Kier molecular flexibility index (Phi) is 7.47. The maximum atomic E-state index is 11.5. The molecule has 0 radical (unpaired) electrons. The molecule has 0 fully saturated rings. The summed E-state index contributed by atoms with van der Waals surface area (Å²) in [6.45, 7) is 2.76. The highest BCUT2D eigenvalue weighted by Crippen LogP contribution is 2.23. The van der Waals surface area contributed by atoms with Gasteiger partial charge in [-0.15, -0.1) is 0 Å². The number of unbranched alkanes of at least 4 members (excludes halogenated alkanes) is 5. The van der Waals surface area contributed by atoms with Crippen molar-refractivity contribution in [3.05, 3.63) is 17.8 Å². The molecule has 2 N–H and O–H groups in total. The summed E-state index contributed by atoms with van der Waals surface area (Å²) in [7, 11) is 1.32. The Morgan fingerprint density at radius 1 is 1.25 bits per heavy atom. The van der Waals surface area contributed by atoms with Crippen molar-refractivity contribution in [1.82, 2.24) is 4.98 Å². The molecule has 5 heteroatoms. The number of ether oxygens (including phenoxy) is 2. The molecule has 20 heavy (non-hydrogen) atoms. The van der Waals surface area contributed by atoms with Crippen LogP contribution in [0.2, 0.25) is 0 Å². The summed E-state index contributed by atoms with van der Waals surface area (Å²) in [5.41, 5.74) is 6.39. The topological polar surface area (TPSA) is 74.4 Å². The molecule has 0 saturated heterocycles. The van der Waals surface area contributed by atoms with Crippen molar-refractivity contribution in [2.75, 3.05) is 19.5 Å². The molecule has 0 atom stereocenters. The van der Waals surface area contributed by atoms with Crippen LogP contribution in [0.25, 0.3) is 0 Å². The van der Waals surface area contributed by atoms with E-state index in [0.717, 1.165) is 12.8 Å². The second-order valence-corrected chi connectivity index (χ2v) is 4.69. The van der Waals surface area contributed by atoms with Crippen molar-refractivity contribution in [3.63, 3.8) is 0 Å². The Morgan fingerprint density at radius 2 is 1.95 bits per heavy atom. The lowest BCUT2D eigenvalue weighted by Gasteiger charge is -2.10. The molecule has 1 rings (SSSR count). The highest BCUT2D eigenvalue weighted by Gasteiger charge is 2.14. The van der Waals surface area contributed by atoms with E-state index >= 15 is 0 Å². The van der Waals surface area contributed by atoms with Crippen molar-refractivity contribution in [2.24, 2.45) is 0 Å². The van der Waals surface area contributed by atoms with E-state index in [0.29, 0.717) is 18.1 Å². The predicted octanol–water partition coefficient (Wildman–Crippen LogP) is 3.19. The Bertz CT molecular complexity index is 422. The molecule has 1 aromatic rings. The monoisotopic (exact) mass is 280 g/mol.